The van der Waals surface area contributed by atoms with Crippen molar-refractivity contribution in [3.8, 4) is 0 Å². The summed E-state index contributed by atoms with van der Waals surface area (Å²) in [5.41, 5.74) is 0. The molecule has 1 aliphatic heterocycles. The van der Waals surface area contributed by atoms with Gasteiger partial charge in [-0.15, -0.1) is 0 Å². The summed E-state index contributed by atoms with van der Waals surface area (Å²) < 4.78 is 0. The second-order valence-corrected chi connectivity index (χ2v) is 5.78. The van der Waals surface area contributed by atoms with E-state index in [-0.39, 0.29) is 6.10 Å². The minimum Gasteiger partial charge on any atom is -0.392 e. The molecule has 0 aromatic rings. The van der Waals surface area contributed by atoms with Gasteiger partial charge in [-0.25, -0.2) is 0 Å². The summed E-state index contributed by atoms with van der Waals surface area (Å²) in [4.78, 5) is 4.69. The summed E-state index contributed by atoms with van der Waals surface area (Å²) in [5.74, 6) is 1.18. The van der Waals surface area contributed by atoms with Gasteiger partial charge in [-0.3, -0.25) is 0 Å². The Kier molecular flexibility index (Phi) is 5.73. The number of hydrogen-bond acceptors (Lipinski definition) is 3. The number of aliphatic hydroxyl groups is 1. The van der Waals surface area contributed by atoms with Crippen LogP contribution in [0.1, 0.15) is 26.7 Å². The number of piperidine rings is 1. The first-order chi connectivity index (χ1) is 7.49. The highest BCUT2D eigenvalue weighted by atomic mass is 16.3. The quantitative estimate of drug-likeness (QED) is 0.768. The minimum atomic E-state index is -0.184. The highest BCUT2D eigenvalue weighted by molar-refractivity contribution is 4.74. The van der Waals surface area contributed by atoms with Crippen molar-refractivity contribution in [3.05, 3.63) is 0 Å². The van der Waals surface area contributed by atoms with Crippen LogP contribution >= 0.6 is 0 Å². The molecule has 0 aromatic carbocycles. The molecule has 1 fully saturated rings. The normalized spacial score (nSPS) is 21.9. The van der Waals surface area contributed by atoms with E-state index in [1.165, 1.54) is 25.9 Å². The van der Waals surface area contributed by atoms with Crippen molar-refractivity contribution < 1.29 is 5.11 Å². The van der Waals surface area contributed by atoms with E-state index in [1.807, 2.05) is 0 Å². The molecule has 0 amide bonds. The van der Waals surface area contributed by atoms with Gasteiger partial charge in [0.25, 0.3) is 0 Å². The van der Waals surface area contributed by atoms with Crippen molar-refractivity contribution >= 4 is 0 Å². The maximum absolute atomic E-state index is 9.82. The van der Waals surface area contributed by atoms with Gasteiger partial charge in [-0.05, 0) is 51.9 Å². The van der Waals surface area contributed by atoms with Crippen LogP contribution < -0.4 is 0 Å². The van der Waals surface area contributed by atoms with Gasteiger partial charge < -0.3 is 14.9 Å². The van der Waals surface area contributed by atoms with Gasteiger partial charge in [0.15, 0.2) is 0 Å². The summed E-state index contributed by atoms with van der Waals surface area (Å²) in [5, 5.41) is 9.82. The van der Waals surface area contributed by atoms with Crippen molar-refractivity contribution in [1.82, 2.24) is 9.80 Å². The molecule has 96 valence electrons. The average molecular weight is 228 g/mol. The number of likely N-dealkylation sites (N-methyl/N-ethyl adjacent to an activating group) is 1. The van der Waals surface area contributed by atoms with Crippen molar-refractivity contribution in [3.63, 3.8) is 0 Å². The maximum atomic E-state index is 9.82. The van der Waals surface area contributed by atoms with Gasteiger partial charge in [0, 0.05) is 13.1 Å². The third-order valence-corrected chi connectivity index (χ3v) is 3.68. The molecule has 0 radical (unpaired) electrons. The van der Waals surface area contributed by atoms with E-state index in [0.717, 1.165) is 19.0 Å². The van der Waals surface area contributed by atoms with Gasteiger partial charge in [-0.2, -0.15) is 0 Å². The first kappa shape index (κ1) is 13.9. The predicted octanol–water partition coefficient (Wildman–Crippen LogP) is 1.28. The molecule has 1 rings (SSSR count). The topological polar surface area (TPSA) is 26.7 Å². The highest BCUT2D eigenvalue weighted by Gasteiger charge is 2.19. The number of rotatable bonds is 5. The summed E-state index contributed by atoms with van der Waals surface area (Å²) in [6.45, 7) is 8.56. The molecule has 1 aliphatic rings. The summed E-state index contributed by atoms with van der Waals surface area (Å²) in [7, 11) is 4.33. The van der Waals surface area contributed by atoms with Crippen molar-refractivity contribution in [2.45, 2.75) is 32.8 Å². The third-order valence-electron chi connectivity index (χ3n) is 3.68. The Morgan fingerprint density at radius 1 is 1.31 bits per heavy atom. The lowest BCUT2D eigenvalue weighted by molar-refractivity contribution is 0.0743. The van der Waals surface area contributed by atoms with E-state index in [0.29, 0.717) is 5.92 Å². The molecule has 16 heavy (non-hydrogen) atoms. The van der Waals surface area contributed by atoms with E-state index >= 15 is 0 Å². The van der Waals surface area contributed by atoms with Crippen molar-refractivity contribution in [2.75, 3.05) is 40.3 Å². The molecule has 3 heteroatoms. The minimum absolute atomic E-state index is 0.184. The van der Waals surface area contributed by atoms with E-state index in [2.05, 4.69) is 37.7 Å². The summed E-state index contributed by atoms with van der Waals surface area (Å²) >= 11 is 0. The Bertz CT molecular complexity index is 188. The molecule has 3 nitrogen and oxygen atoms in total. The van der Waals surface area contributed by atoms with Crippen LogP contribution in [0.3, 0.4) is 0 Å². The van der Waals surface area contributed by atoms with Gasteiger partial charge in [0.1, 0.15) is 0 Å². The fraction of sp³-hybridized carbons (Fsp3) is 1.00. The maximum Gasteiger partial charge on any atom is 0.0689 e. The molecular weight excluding hydrogens is 200 g/mol. The lowest BCUT2D eigenvalue weighted by Gasteiger charge is -2.32. The summed E-state index contributed by atoms with van der Waals surface area (Å²) in [6, 6.07) is 0. The summed E-state index contributed by atoms with van der Waals surface area (Å²) in [6.07, 6.45) is 2.42. The zero-order valence-electron chi connectivity index (χ0n) is 11.3. The molecule has 1 heterocycles. The van der Waals surface area contributed by atoms with Crippen LogP contribution in [0, 0.1) is 11.8 Å². The molecule has 1 N–H and O–H groups in total. The first-order valence-electron chi connectivity index (χ1n) is 6.54. The number of nitrogens with zero attached hydrogens (tertiary/aromatic N) is 2. The van der Waals surface area contributed by atoms with Gasteiger partial charge in [0.05, 0.1) is 6.10 Å². The second-order valence-electron chi connectivity index (χ2n) is 5.78. The van der Waals surface area contributed by atoms with Gasteiger partial charge in [-0.1, -0.05) is 13.8 Å². The lowest BCUT2D eigenvalue weighted by Crippen LogP contribution is -2.39. The first-order valence-corrected chi connectivity index (χ1v) is 6.54. The van der Waals surface area contributed by atoms with Gasteiger partial charge >= 0.3 is 0 Å². The Morgan fingerprint density at radius 3 is 2.38 bits per heavy atom. The number of likely N-dealkylation sites (tertiary alicyclic amines) is 1. The Hall–Kier alpha value is -0.120. The zero-order valence-corrected chi connectivity index (χ0v) is 11.3. The van der Waals surface area contributed by atoms with Crippen LogP contribution in [0.5, 0.6) is 0 Å². The second kappa shape index (κ2) is 6.58. The van der Waals surface area contributed by atoms with Gasteiger partial charge in [0.2, 0.25) is 0 Å². The molecule has 0 spiro atoms. The zero-order chi connectivity index (χ0) is 12.1. The van der Waals surface area contributed by atoms with E-state index < -0.39 is 0 Å². The van der Waals surface area contributed by atoms with Crippen LogP contribution in [0.25, 0.3) is 0 Å². The van der Waals surface area contributed by atoms with Crippen LogP contribution in [0.15, 0.2) is 0 Å². The molecule has 0 aromatic heterocycles. The number of aliphatic hydroxyl groups excluding tert-OH is 1. The van der Waals surface area contributed by atoms with Crippen LogP contribution in [-0.2, 0) is 0 Å². The van der Waals surface area contributed by atoms with E-state index in [1.54, 1.807) is 0 Å². The highest BCUT2D eigenvalue weighted by Crippen LogP contribution is 2.17. The molecule has 1 unspecified atom stereocenters. The van der Waals surface area contributed by atoms with E-state index in [9.17, 15) is 5.11 Å². The Labute approximate surface area is 100 Å². The smallest absolute Gasteiger partial charge is 0.0689 e. The fourth-order valence-electron chi connectivity index (χ4n) is 2.29. The predicted molar refractivity (Wildman–Crippen MR) is 68.6 cm³/mol. The molecule has 0 aliphatic carbocycles. The molecular formula is C13H28N2O. The average Bonchev–Trinajstić information content (AvgIpc) is 2.21. The van der Waals surface area contributed by atoms with Crippen LogP contribution in [0.4, 0.5) is 0 Å². The lowest BCUT2D eigenvalue weighted by atomic mass is 9.96. The molecule has 0 bridgehead atoms. The van der Waals surface area contributed by atoms with Crippen molar-refractivity contribution in [2.24, 2.45) is 11.8 Å². The number of hydrogen-bond donors (Lipinski definition) is 1. The van der Waals surface area contributed by atoms with Crippen LogP contribution in [0.2, 0.25) is 0 Å². The standard InChI is InChI=1S/C13H28N2O/c1-11(2)13(16)10-15(4)9-12-5-7-14(3)8-6-12/h11-13,16H,5-10H2,1-4H3. The van der Waals surface area contributed by atoms with E-state index in [4.69, 9.17) is 0 Å². The van der Waals surface area contributed by atoms with Crippen LogP contribution in [-0.4, -0.2) is 61.3 Å². The Balaban J connectivity index is 2.21. The molecule has 1 atom stereocenters. The molecule has 0 saturated carbocycles. The molecule has 1 saturated heterocycles. The monoisotopic (exact) mass is 228 g/mol. The Morgan fingerprint density at radius 2 is 1.88 bits per heavy atom. The SMILES string of the molecule is CC(C)C(O)CN(C)CC1CCN(C)CC1. The van der Waals surface area contributed by atoms with Crippen molar-refractivity contribution in [1.29, 1.82) is 0 Å². The fourth-order valence-corrected chi connectivity index (χ4v) is 2.29. The largest absolute Gasteiger partial charge is 0.392 e. The third kappa shape index (κ3) is 4.81.